The molecular weight excluding hydrogens is 236 g/mol. The van der Waals surface area contributed by atoms with E-state index < -0.39 is 0 Å². The Morgan fingerprint density at radius 3 is 2.79 bits per heavy atom. The molecule has 2 rings (SSSR count). The van der Waals surface area contributed by atoms with Crippen LogP contribution in [-0.2, 0) is 0 Å². The monoisotopic (exact) mass is 262 g/mol. The lowest BCUT2D eigenvalue weighted by Crippen LogP contribution is -2.41. The van der Waals surface area contributed by atoms with Gasteiger partial charge in [-0.05, 0) is 49.6 Å². The molecule has 0 bridgehead atoms. The predicted octanol–water partition coefficient (Wildman–Crippen LogP) is 2.83. The van der Waals surface area contributed by atoms with Gasteiger partial charge in [0.1, 0.15) is 5.75 Å². The number of aryl methyl sites for hydroxylation is 1. The fourth-order valence-electron chi connectivity index (χ4n) is 2.69. The van der Waals surface area contributed by atoms with E-state index in [0.29, 0.717) is 12.0 Å². The fraction of sp³-hybridized carbons (Fsp3) is 0.625. The van der Waals surface area contributed by atoms with E-state index in [1.54, 1.807) is 7.11 Å². The van der Waals surface area contributed by atoms with Gasteiger partial charge in [0.25, 0.3) is 0 Å². The Kier molecular flexibility index (Phi) is 4.70. The number of hydrogen-bond acceptors (Lipinski definition) is 3. The fourth-order valence-corrected chi connectivity index (χ4v) is 2.69. The lowest BCUT2D eigenvalue weighted by atomic mass is 10.0. The molecule has 1 aliphatic rings. The van der Waals surface area contributed by atoms with Crippen LogP contribution in [0.4, 0.5) is 5.69 Å². The molecule has 3 nitrogen and oxygen atoms in total. The first-order valence-electron chi connectivity index (χ1n) is 7.24. The highest BCUT2D eigenvalue weighted by Crippen LogP contribution is 2.25. The van der Waals surface area contributed by atoms with Gasteiger partial charge in [-0.25, -0.2) is 0 Å². The molecule has 1 aromatic carbocycles. The summed E-state index contributed by atoms with van der Waals surface area (Å²) in [7, 11) is 1.73. The summed E-state index contributed by atoms with van der Waals surface area (Å²) in [6.07, 6.45) is 1.20. The third kappa shape index (κ3) is 3.41. The molecule has 0 saturated carbocycles. The van der Waals surface area contributed by atoms with E-state index in [1.165, 1.54) is 17.7 Å². The number of ether oxygens (including phenoxy) is 1. The number of hydrogen-bond donors (Lipinski definition) is 1. The summed E-state index contributed by atoms with van der Waals surface area (Å²) in [6.45, 7) is 10.0. The van der Waals surface area contributed by atoms with Crippen molar-refractivity contribution in [3.8, 4) is 5.75 Å². The normalized spacial score (nSPS) is 20.5. The molecule has 1 N–H and O–H groups in total. The van der Waals surface area contributed by atoms with Gasteiger partial charge in [-0.1, -0.05) is 13.8 Å². The van der Waals surface area contributed by atoms with E-state index in [-0.39, 0.29) is 0 Å². The zero-order chi connectivity index (χ0) is 13.8. The largest absolute Gasteiger partial charge is 0.496 e. The van der Waals surface area contributed by atoms with Gasteiger partial charge in [0.05, 0.1) is 7.11 Å². The average Bonchev–Trinajstić information content (AvgIpc) is 2.64. The predicted molar refractivity (Wildman–Crippen MR) is 81.2 cm³/mol. The number of nitrogens with zero attached hydrogens (tertiary/aromatic N) is 1. The van der Waals surface area contributed by atoms with Crippen LogP contribution in [0.15, 0.2) is 18.2 Å². The van der Waals surface area contributed by atoms with Gasteiger partial charge in [-0.2, -0.15) is 0 Å². The lowest BCUT2D eigenvalue weighted by Gasteiger charge is -2.29. The van der Waals surface area contributed by atoms with Crippen molar-refractivity contribution in [2.24, 2.45) is 5.92 Å². The maximum absolute atomic E-state index is 5.34. The van der Waals surface area contributed by atoms with Crippen molar-refractivity contribution in [3.05, 3.63) is 23.8 Å². The molecule has 1 atom stereocenters. The molecule has 1 aromatic rings. The highest BCUT2D eigenvalue weighted by molar-refractivity contribution is 5.53. The van der Waals surface area contributed by atoms with Crippen LogP contribution in [0, 0.1) is 12.8 Å². The zero-order valence-electron chi connectivity index (χ0n) is 12.6. The Hall–Kier alpha value is -1.22. The smallest absolute Gasteiger partial charge is 0.121 e. The number of methoxy groups -OCH3 is 1. The molecule has 1 fully saturated rings. The van der Waals surface area contributed by atoms with Crippen LogP contribution < -0.4 is 15.0 Å². The molecule has 1 aliphatic heterocycles. The second kappa shape index (κ2) is 6.29. The first-order chi connectivity index (χ1) is 9.11. The second-order valence-electron chi connectivity index (χ2n) is 5.76. The van der Waals surface area contributed by atoms with Crippen LogP contribution in [0.5, 0.6) is 5.75 Å². The van der Waals surface area contributed by atoms with Gasteiger partial charge in [0.2, 0.25) is 0 Å². The molecule has 19 heavy (non-hydrogen) atoms. The Balaban J connectivity index is 2.17. The lowest BCUT2D eigenvalue weighted by molar-refractivity contribution is 0.411. The van der Waals surface area contributed by atoms with E-state index >= 15 is 0 Å². The minimum absolute atomic E-state index is 0.574. The van der Waals surface area contributed by atoms with E-state index in [4.69, 9.17) is 4.74 Å². The number of benzene rings is 1. The van der Waals surface area contributed by atoms with Crippen LogP contribution >= 0.6 is 0 Å². The van der Waals surface area contributed by atoms with Crippen LogP contribution in [0.1, 0.15) is 25.8 Å². The number of anilines is 1. The van der Waals surface area contributed by atoms with Crippen LogP contribution in [-0.4, -0.2) is 32.8 Å². The zero-order valence-corrected chi connectivity index (χ0v) is 12.6. The van der Waals surface area contributed by atoms with Crippen LogP contribution in [0.2, 0.25) is 0 Å². The minimum atomic E-state index is 0.574. The molecule has 3 heteroatoms. The van der Waals surface area contributed by atoms with Gasteiger partial charge >= 0.3 is 0 Å². The second-order valence-corrected chi connectivity index (χ2v) is 5.76. The highest BCUT2D eigenvalue weighted by atomic mass is 16.5. The quantitative estimate of drug-likeness (QED) is 0.906. The topological polar surface area (TPSA) is 24.5 Å². The van der Waals surface area contributed by atoms with Gasteiger partial charge in [-0.15, -0.1) is 0 Å². The van der Waals surface area contributed by atoms with Gasteiger partial charge in [-0.3, -0.25) is 0 Å². The number of rotatable bonds is 3. The minimum Gasteiger partial charge on any atom is -0.496 e. The summed E-state index contributed by atoms with van der Waals surface area (Å²) in [4.78, 5) is 2.50. The summed E-state index contributed by atoms with van der Waals surface area (Å²) in [5, 5.41) is 3.65. The SMILES string of the molecule is COc1ccc(N2CCCNC(C(C)C)C2)cc1C. The molecule has 0 spiro atoms. The summed E-state index contributed by atoms with van der Waals surface area (Å²) in [5.41, 5.74) is 2.52. The Labute approximate surface area is 116 Å². The average molecular weight is 262 g/mol. The Bertz CT molecular complexity index is 417. The first kappa shape index (κ1) is 14.2. The summed E-state index contributed by atoms with van der Waals surface area (Å²) in [5.74, 6) is 1.64. The standard InChI is InChI=1S/C16H26N2O/c1-12(2)15-11-18(9-5-8-17-15)14-6-7-16(19-4)13(3)10-14/h6-7,10,12,15,17H,5,8-9,11H2,1-4H3. The van der Waals surface area contributed by atoms with E-state index in [9.17, 15) is 0 Å². The Morgan fingerprint density at radius 1 is 1.37 bits per heavy atom. The molecule has 0 aliphatic carbocycles. The molecule has 106 valence electrons. The van der Waals surface area contributed by atoms with Crippen molar-refractivity contribution in [2.75, 3.05) is 31.6 Å². The third-order valence-corrected chi connectivity index (χ3v) is 3.98. The molecule has 1 heterocycles. The molecule has 1 unspecified atom stereocenters. The number of nitrogens with one attached hydrogen (secondary N) is 1. The summed E-state index contributed by atoms with van der Waals surface area (Å²) in [6, 6.07) is 7.06. The molecular formula is C16H26N2O. The van der Waals surface area contributed by atoms with Crippen LogP contribution in [0.3, 0.4) is 0 Å². The summed E-state index contributed by atoms with van der Waals surface area (Å²) < 4.78 is 5.34. The van der Waals surface area contributed by atoms with E-state index in [1.807, 2.05) is 0 Å². The van der Waals surface area contributed by atoms with E-state index in [2.05, 4.69) is 49.2 Å². The first-order valence-corrected chi connectivity index (χ1v) is 7.24. The summed E-state index contributed by atoms with van der Waals surface area (Å²) >= 11 is 0. The molecule has 0 aromatic heterocycles. The van der Waals surface area contributed by atoms with Crippen molar-refractivity contribution < 1.29 is 4.74 Å². The van der Waals surface area contributed by atoms with Gasteiger partial charge < -0.3 is 15.0 Å². The highest BCUT2D eigenvalue weighted by Gasteiger charge is 2.20. The van der Waals surface area contributed by atoms with E-state index in [0.717, 1.165) is 25.4 Å². The maximum atomic E-state index is 5.34. The molecule has 0 amide bonds. The van der Waals surface area contributed by atoms with Crippen molar-refractivity contribution in [1.82, 2.24) is 5.32 Å². The van der Waals surface area contributed by atoms with Crippen molar-refractivity contribution in [1.29, 1.82) is 0 Å². The maximum Gasteiger partial charge on any atom is 0.121 e. The van der Waals surface area contributed by atoms with Gasteiger partial charge in [0, 0.05) is 24.8 Å². The Morgan fingerprint density at radius 2 is 2.16 bits per heavy atom. The van der Waals surface area contributed by atoms with Crippen molar-refractivity contribution >= 4 is 5.69 Å². The third-order valence-electron chi connectivity index (χ3n) is 3.98. The molecule has 0 radical (unpaired) electrons. The van der Waals surface area contributed by atoms with Crippen molar-refractivity contribution in [3.63, 3.8) is 0 Å². The van der Waals surface area contributed by atoms with Crippen molar-refractivity contribution in [2.45, 2.75) is 33.2 Å². The van der Waals surface area contributed by atoms with Crippen LogP contribution in [0.25, 0.3) is 0 Å². The molecule has 1 saturated heterocycles. The van der Waals surface area contributed by atoms with Gasteiger partial charge in [0.15, 0.2) is 0 Å².